The first kappa shape index (κ1) is 13.5. The SMILES string of the molecule is COc1cc(C(F)(F)F)cc(Cl)c1-c1cnoc1N. The van der Waals surface area contributed by atoms with Gasteiger partial charge in [0, 0.05) is 5.56 Å². The second kappa shape index (κ2) is 4.65. The highest BCUT2D eigenvalue weighted by molar-refractivity contribution is 6.34. The van der Waals surface area contributed by atoms with Crippen molar-refractivity contribution < 1.29 is 22.4 Å². The molecule has 2 N–H and O–H groups in total. The molecule has 0 spiro atoms. The lowest BCUT2D eigenvalue weighted by Crippen LogP contribution is -2.06. The molecule has 0 aliphatic carbocycles. The molecular weight excluding hydrogens is 285 g/mol. The molecule has 19 heavy (non-hydrogen) atoms. The van der Waals surface area contributed by atoms with Crippen LogP contribution in [-0.2, 0) is 6.18 Å². The summed E-state index contributed by atoms with van der Waals surface area (Å²) >= 11 is 5.88. The Balaban J connectivity index is 2.67. The number of halogens is 4. The van der Waals surface area contributed by atoms with Gasteiger partial charge in [-0.2, -0.15) is 13.2 Å². The Hall–Kier alpha value is -1.89. The van der Waals surface area contributed by atoms with Gasteiger partial charge in [0.1, 0.15) is 5.75 Å². The lowest BCUT2D eigenvalue weighted by Gasteiger charge is -2.13. The third kappa shape index (κ3) is 2.46. The molecule has 0 bridgehead atoms. The number of benzene rings is 1. The number of nitrogens with zero attached hydrogens (tertiary/aromatic N) is 1. The van der Waals surface area contributed by atoms with Gasteiger partial charge in [0.25, 0.3) is 0 Å². The summed E-state index contributed by atoms with van der Waals surface area (Å²) in [5.41, 5.74) is 5.09. The van der Waals surface area contributed by atoms with Crippen molar-refractivity contribution in [2.75, 3.05) is 12.8 Å². The van der Waals surface area contributed by atoms with Crippen molar-refractivity contribution in [3.63, 3.8) is 0 Å². The van der Waals surface area contributed by atoms with Crippen LogP contribution in [0.2, 0.25) is 5.02 Å². The zero-order valence-corrected chi connectivity index (χ0v) is 10.3. The number of hydrogen-bond acceptors (Lipinski definition) is 4. The zero-order valence-electron chi connectivity index (χ0n) is 9.58. The molecule has 0 amide bonds. The van der Waals surface area contributed by atoms with Gasteiger partial charge in [-0.3, -0.25) is 0 Å². The number of aromatic nitrogens is 1. The van der Waals surface area contributed by atoms with Gasteiger partial charge < -0.3 is 15.0 Å². The van der Waals surface area contributed by atoms with Gasteiger partial charge in [-0.25, -0.2) is 0 Å². The summed E-state index contributed by atoms with van der Waals surface area (Å²) in [5, 5.41) is 3.30. The largest absolute Gasteiger partial charge is 0.496 e. The molecule has 0 saturated heterocycles. The van der Waals surface area contributed by atoms with E-state index in [-0.39, 0.29) is 27.8 Å². The Bertz CT molecular complexity index is 610. The van der Waals surface area contributed by atoms with E-state index in [1.807, 2.05) is 0 Å². The van der Waals surface area contributed by atoms with Crippen LogP contribution in [0.4, 0.5) is 19.1 Å². The van der Waals surface area contributed by atoms with Crippen molar-refractivity contribution in [1.82, 2.24) is 5.16 Å². The predicted octanol–water partition coefficient (Wildman–Crippen LogP) is 3.60. The van der Waals surface area contributed by atoms with Crippen LogP contribution in [0.5, 0.6) is 5.75 Å². The van der Waals surface area contributed by atoms with E-state index >= 15 is 0 Å². The highest BCUT2D eigenvalue weighted by Crippen LogP contribution is 2.43. The highest BCUT2D eigenvalue weighted by Gasteiger charge is 2.33. The minimum Gasteiger partial charge on any atom is -0.496 e. The standard InChI is InChI=1S/C11H8ClF3N2O2/c1-18-8-3-5(11(13,14)15)2-7(12)9(8)6-4-17-19-10(6)16/h2-4H,16H2,1H3. The van der Waals surface area contributed by atoms with E-state index in [0.29, 0.717) is 0 Å². The van der Waals surface area contributed by atoms with Crippen molar-refractivity contribution in [3.05, 3.63) is 28.9 Å². The summed E-state index contributed by atoms with van der Waals surface area (Å²) in [5.74, 6) is -0.116. The van der Waals surface area contributed by atoms with Crippen LogP contribution in [0.3, 0.4) is 0 Å². The second-order valence-electron chi connectivity index (χ2n) is 3.64. The van der Waals surface area contributed by atoms with Gasteiger partial charge in [-0.1, -0.05) is 16.8 Å². The topological polar surface area (TPSA) is 61.3 Å². The molecule has 8 heteroatoms. The van der Waals surface area contributed by atoms with E-state index in [2.05, 4.69) is 9.68 Å². The number of rotatable bonds is 2. The molecule has 0 atom stereocenters. The molecule has 0 unspecified atom stereocenters. The van der Waals surface area contributed by atoms with Gasteiger partial charge in [0.2, 0.25) is 5.88 Å². The minimum atomic E-state index is -4.52. The summed E-state index contributed by atoms with van der Waals surface area (Å²) in [6, 6.07) is 1.64. The number of ether oxygens (including phenoxy) is 1. The Morgan fingerprint density at radius 1 is 1.37 bits per heavy atom. The van der Waals surface area contributed by atoms with Gasteiger partial charge in [0.15, 0.2) is 0 Å². The molecule has 1 aromatic carbocycles. The van der Waals surface area contributed by atoms with Crippen LogP contribution >= 0.6 is 11.6 Å². The summed E-state index contributed by atoms with van der Waals surface area (Å²) in [6.07, 6.45) is -3.26. The van der Waals surface area contributed by atoms with Gasteiger partial charge in [-0.15, -0.1) is 0 Å². The van der Waals surface area contributed by atoms with Gasteiger partial charge >= 0.3 is 6.18 Å². The molecular formula is C11H8ClF3N2O2. The molecule has 1 aromatic heterocycles. The molecule has 2 aromatic rings. The Labute approximate surface area is 110 Å². The molecule has 0 fully saturated rings. The Kier molecular flexibility index (Phi) is 3.32. The fourth-order valence-corrected chi connectivity index (χ4v) is 1.92. The first-order valence-corrected chi connectivity index (χ1v) is 5.37. The normalized spacial score (nSPS) is 11.6. The molecule has 4 nitrogen and oxygen atoms in total. The molecule has 0 aliphatic heterocycles. The van der Waals surface area contributed by atoms with Crippen LogP contribution in [0.15, 0.2) is 22.9 Å². The number of hydrogen-bond donors (Lipinski definition) is 1. The first-order valence-electron chi connectivity index (χ1n) is 5.00. The maximum absolute atomic E-state index is 12.7. The summed E-state index contributed by atoms with van der Waals surface area (Å²) in [6.45, 7) is 0. The fourth-order valence-electron chi connectivity index (χ4n) is 1.60. The average Bonchev–Trinajstić information content (AvgIpc) is 2.73. The number of methoxy groups -OCH3 is 1. The monoisotopic (exact) mass is 292 g/mol. The van der Waals surface area contributed by atoms with Crippen molar-refractivity contribution >= 4 is 17.5 Å². The molecule has 102 valence electrons. The number of anilines is 1. The van der Waals surface area contributed by atoms with E-state index in [1.54, 1.807) is 0 Å². The van der Waals surface area contributed by atoms with Gasteiger partial charge in [-0.05, 0) is 12.1 Å². The summed E-state index contributed by atoms with van der Waals surface area (Å²) in [4.78, 5) is 0. The van der Waals surface area contributed by atoms with E-state index in [1.165, 1.54) is 13.3 Å². The van der Waals surface area contributed by atoms with E-state index < -0.39 is 11.7 Å². The van der Waals surface area contributed by atoms with Crippen LogP contribution in [0.1, 0.15) is 5.56 Å². The lowest BCUT2D eigenvalue weighted by atomic mass is 10.0. The van der Waals surface area contributed by atoms with E-state index in [9.17, 15) is 13.2 Å². The minimum absolute atomic E-state index is 0.0556. The summed E-state index contributed by atoms with van der Waals surface area (Å²) in [7, 11) is 1.24. The maximum Gasteiger partial charge on any atom is 0.416 e. The number of alkyl halides is 3. The third-order valence-electron chi connectivity index (χ3n) is 2.47. The van der Waals surface area contributed by atoms with Crippen molar-refractivity contribution in [2.45, 2.75) is 6.18 Å². The van der Waals surface area contributed by atoms with Crippen LogP contribution in [-0.4, -0.2) is 12.3 Å². The maximum atomic E-state index is 12.7. The number of nitrogen functional groups attached to an aromatic ring is 1. The molecule has 0 saturated carbocycles. The van der Waals surface area contributed by atoms with Crippen LogP contribution in [0.25, 0.3) is 11.1 Å². The van der Waals surface area contributed by atoms with Gasteiger partial charge in [0.05, 0.1) is 29.5 Å². The average molecular weight is 293 g/mol. The van der Waals surface area contributed by atoms with Crippen LogP contribution < -0.4 is 10.5 Å². The molecule has 0 radical (unpaired) electrons. The highest BCUT2D eigenvalue weighted by atomic mass is 35.5. The zero-order chi connectivity index (χ0) is 14.2. The molecule has 2 rings (SSSR count). The molecule has 0 aliphatic rings. The lowest BCUT2D eigenvalue weighted by molar-refractivity contribution is -0.137. The predicted molar refractivity (Wildman–Crippen MR) is 62.9 cm³/mol. The van der Waals surface area contributed by atoms with Crippen molar-refractivity contribution in [1.29, 1.82) is 0 Å². The Morgan fingerprint density at radius 3 is 2.53 bits per heavy atom. The fraction of sp³-hybridized carbons (Fsp3) is 0.182. The quantitative estimate of drug-likeness (QED) is 0.918. The Morgan fingerprint density at radius 2 is 2.05 bits per heavy atom. The third-order valence-corrected chi connectivity index (χ3v) is 2.77. The summed E-state index contributed by atoms with van der Waals surface area (Å²) < 4.78 is 47.6. The smallest absolute Gasteiger partial charge is 0.416 e. The molecule has 1 heterocycles. The number of nitrogens with two attached hydrogens (primary N) is 1. The second-order valence-corrected chi connectivity index (χ2v) is 4.04. The first-order chi connectivity index (χ1) is 8.84. The van der Waals surface area contributed by atoms with Crippen LogP contribution in [0, 0.1) is 0 Å². The van der Waals surface area contributed by atoms with Crippen molar-refractivity contribution in [3.8, 4) is 16.9 Å². The van der Waals surface area contributed by atoms with E-state index in [0.717, 1.165) is 12.1 Å². The van der Waals surface area contributed by atoms with E-state index in [4.69, 9.17) is 22.1 Å². The van der Waals surface area contributed by atoms with Crippen molar-refractivity contribution in [2.24, 2.45) is 0 Å².